The zero-order valence-electron chi connectivity index (χ0n) is 33.1. The Labute approximate surface area is 352 Å². The van der Waals surface area contributed by atoms with Crippen LogP contribution >= 0.6 is 11.3 Å². The first-order valence-corrected chi connectivity index (χ1v) is 21.3. The molecule has 0 fully saturated rings. The lowest BCUT2D eigenvalue weighted by Gasteiger charge is -2.21. The fourth-order valence-corrected chi connectivity index (χ4v) is 10.9. The topological polar surface area (TPSA) is 38.7 Å². The van der Waals surface area contributed by atoms with E-state index >= 15 is 0 Å². The van der Waals surface area contributed by atoms with E-state index < -0.39 is 0 Å². The van der Waals surface area contributed by atoms with Crippen molar-refractivity contribution in [3.63, 3.8) is 0 Å². The van der Waals surface area contributed by atoms with Crippen LogP contribution in [0.1, 0.15) is 25.0 Å². The van der Waals surface area contributed by atoms with Crippen LogP contribution in [0.25, 0.3) is 109 Å². The van der Waals surface area contributed by atoms with Crippen LogP contribution in [0.2, 0.25) is 0 Å². The molecule has 0 saturated heterocycles. The van der Waals surface area contributed by atoms with Crippen molar-refractivity contribution in [2.45, 2.75) is 19.3 Å². The first-order chi connectivity index (χ1) is 29.5. The molecule has 1 aliphatic rings. The molecule has 8 aromatic carbocycles. The SMILES string of the molecule is CC1(C)c2ccccc2-c2cc(-c3nc(-c4ccccc4)cc(-c4ccc(-c5cccc6c5sc5c6ccc6c(-c7ccccc7)nc7ccccc7c65)cc4)n3)ccc21. The van der Waals surface area contributed by atoms with Gasteiger partial charge in [-0.15, -0.1) is 11.3 Å². The Morgan fingerprint density at radius 1 is 0.383 bits per heavy atom. The zero-order chi connectivity index (χ0) is 40.0. The molecule has 4 heteroatoms. The van der Waals surface area contributed by atoms with Crippen molar-refractivity contribution in [1.82, 2.24) is 15.0 Å². The predicted octanol–water partition coefficient (Wildman–Crippen LogP) is 15.2. The first kappa shape index (κ1) is 34.7. The van der Waals surface area contributed by atoms with Gasteiger partial charge in [-0.25, -0.2) is 15.0 Å². The third kappa shape index (κ3) is 5.38. The summed E-state index contributed by atoms with van der Waals surface area (Å²) in [5.41, 5.74) is 15.7. The molecule has 3 nitrogen and oxygen atoms in total. The quantitative estimate of drug-likeness (QED) is 0.163. The smallest absolute Gasteiger partial charge is 0.160 e. The Balaban J connectivity index is 0.982. The van der Waals surface area contributed by atoms with E-state index in [-0.39, 0.29) is 5.41 Å². The number of fused-ring (bicyclic) bond motifs is 10. The first-order valence-electron chi connectivity index (χ1n) is 20.5. The average Bonchev–Trinajstić information content (AvgIpc) is 3.81. The van der Waals surface area contributed by atoms with Crippen molar-refractivity contribution in [2.24, 2.45) is 0 Å². The zero-order valence-corrected chi connectivity index (χ0v) is 34.0. The fraction of sp³-hybridized carbons (Fsp3) is 0.0536. The number of benzene rings is 8. The van der Waals surface area contributed by atoms with Gasteiger partial charge in [-0.1, -0.05) is 184 Å². The summed E-state index contributed by atoms with van der Waals surface area (Å²) in [5.74, 6) is 0.723. The fourth-order valence-electron chi connectivity index (χ4n) is 9.49. The Morgan fingerprint density at radius 2 is 0.967 bits per heavy atom. The summed E-state index contributed by atoms with van der Waals surface area (Å²) >= 11 is 1.89. The van der Waals surface area contributed by atoms with Gasteiger partial charge in [-0.05, 0) is 51.6 Å². The van der Waals surface area contributed by atoms with E-state index in [4.69, 9.17) is 15.0 Å². The van der Waals surface area contributed by atoms with Crippen molar-refractivity contribution >= 4 is 53.2 Å². The second-order valence-corrected chi connectivity index (χ2v) is 17.3. The minimum absolute atomic E-state index is 0.0597. The lowest BCUT2D eigenvalue weighted by Crippen LogP contribution is -2.14. The van der Waals surface area contributed by atoms with Gasteiger partial charge in [-0.3, -0.25) is 0 Å². The largest absolute Gasteiger partial charge is 0.247 e. The molecule has 0 saturated carbocycles. The molecule has 0 atom stereocenters. The molecule has 12 rings (SSSR count). The second-order valence-electron chi connectivity index (χ2n) is 16.3. The van der Waals surface area contributed by atoms with Crippen LogP contribution in [-0.4, -0.2) is 15.0 Å². The molecule has 3 aromatic heterocycles. The summed E-state index contributed by atoms with van der Waals surface area (Å²) in [6, 6.07) is 67.4. The van der Waals surface area contributed by atoms with Gasteiger partial charge < -0.3 is 0 Å². The average molecular weight is 784 g/mol. The predicted molar refractivity (Wildman–Crippen MR) is 252 cm³/mol. The minimum atomic E-state index is -0.0597. The summed E-state index contributed by atoms with van der Waals surface area (Å²) in [5, 5.41) is 6.18. The molecule has 0 aliphatic heterocycles. The maximum absolute atomic E-state index is 5.27. The highest BCUT2D eigenvalue weighted by atomic mass is 32.1. The van der Waals surface area contributed by atoms with Crippen molar-refractivity contribution in [2.75, 3.05) is 0 Å². The summed E-state index contributed by atoms with van der Waals surface area (Å²) < 4.78 is 2.58. The molecule has 282 valence electrons. The molecule has 0 amide bonds. The van der Waals surface area contributed by atoms with Crippen molar-refractivity contribution in [1.29, 1.82) is 0 Å². The van der Waals surface area contributed by atoms with Gasteiger partial charge in [0.2, 0.25) is 0 Å². The van der Waals surface area contributed by atoms with Crippen molar-refractivity contribution < 1.29 is 0 Å². The number of aromatic nitrogens is 3. The maximum atomic E-state index is 5.27. The molecule has 0 spiro atoms. The molecule has 0 unspecified atom stereocenters. The van der Waals surface area contributed by atoms with Gasteiger partial charge in [0.05, 0.1) is 22.6 Å². The highest BCUT2D eigenvalue weighted by Gasteiger charge is 2.35. The number of thiophene rings is 1. The third-order valence-corrected chi connectivity index (χ3v) is 13.8. The normalized spacial score (nSPS) is 13.0. The van der Waals surface area contributed by atoms with Crippen LogP contribution < -0.4 is 0 Å². The minimum Gasteiger partial charge on any atom is -0.247 e. The molecule has 3 heterocycles. The van der Waals surface area contributed by atoms with E-state index in [0.717, 1.165) is 50.7 Å². The van der Waals surface area contributed by atoms with Crippen molar-refractivity contribution in [3.05, 3.63) is 199 Å². The molecule has 0 bridgehead atoms. The maximum Gasteiger partial charge on any atom is 0.160 e. The van der Waals surface area contributed by atoms with Gasteiger partial charge in [0.1, 0.15) is 0 Å². The highest BCUT2D eigenvalue weighted by Crippen LogP contribution is 2.50. The molecule has 11 aromatic rings. The molecular weight excluding hydrogens is 747 g/mol. The number of hydrogen-bond acceptors (Lipinski definition) is 4. The van der Waals surface area contributed by atoms with Crippen molar-refractivity contribution in [3.8, 4) is 67.4 Å². The van der Waals surface area contributed by atoms with E-state index in [2.05, 4.69) is 196 Å². The van der Waals surface area contributed by atoms with Gasteiger partial charge in [0.15, 0.2) is 5.82 Å². The Morgan fingerprint density at radius 3 is 1.77 bits per heavy atom. The lowest BCUT2D eigenvalue weighted by molar-refractivity contribution is 0.660. The van der Waals surface area contributed by atoms with E-state index in [0.29, 0.717) is 0 Å². The van der Waals surface area contributed by atoms with E-state index in [1.165, 1.54) is 69.7 Å². The third-order valence-electron chi connectivity index (χ3n) is 12.5. The molecular formula is C56H37N3S. The highest BCUT2D eigenvalue weighted by molar-refractivity contribution is 7.27. The number of hydrogen-bond donors (Lipinski definition) is 0. The summed E-state index contributed by atoms with van der Waals surface area (Å²) in [6.45, 7) is 4.63. The van der Waals surface area contributed by atoms with Gasteiger partial charge >= 0.3 is 0 Å². The molecule has 0 radical (unpaired) electrons. The van der Waals surface area contributed by atoms with Gasteiger partial charge in [-0.2, -0.15) is 0 Å². The van der Waals surface area contributed by atoms with Crippen LogP contribution in [0.5, 0.6) is 0 Å². The van der Waals surface area contributed by atoms with Gasteiger partial charge in [0, 0.05) is 64.0 Å². The summed E-state index contributed by atoms with van der Waals surface area (Å²) in [6.07, 6.45) is 0. The Bertz CT molecular complexity index is 3490. The number of pyridine rings is 1. The molecule has 0 N–H and O–H groups in total. The Kier molecular flexibility index (Phi) is 7.75. The van der Waals surface area contributed by atoms with Crippen LogP contribution in [0, 0.1) is 0 Å². The standard InChI is InChI=1S/C56H37N3S/c1-56(2)46-22-11-9-18-40(46)45-32-38(28-31-47(45)56)55-58-49(35-14-5-3-6-15-35)33-50(59-55)36-26-24-34(25-27-36)39-20-13-21-41-42-29-30-44-51(54(42)60-53(39)41)43-19-10-12-23-48(43)57-52(44)37-16-7-4-8-17-37/h3-33H,1-2H3. The van der Waals surface area contributed by atoms with Crippen LogP contribution in [0.4, 0.5) is 0 Å². The number of rotatable bonds is 5. The second kappa shape index (κ2) is 13.4. The van der Waals surface area contributed by atoms with Crippen LogP contribution in [0.3, 0.4) is 0 Å². The number of nitrogens with zero attached hydrogens (tertiary/aromatic N) is 3. The lowest BCUT2D eigenvalue weighted by atomic mass is 9.82. The molecule has 60 heavy (non-hydrogen) atoms. The Hall–Kier alpha value is -7.27. The molecule has 1 aliphatic carbocycles. The van der Waals surface area contributed by atoms with Crippen LogP contribution in [-0.2, 0) is 5.41 Å². The number of para-hydroxylation sites is 1. The summed E-state index contributed by atoms with van der Waals surface area (Å²) in [4.78, 5) is 15.7. The van der Waals surface area contributed by atoms with E-state index in [9.17, 15) is 0 Å². The van der Waals surface area contributed by atoms with Crippen LogP contribution in [0.15, 0.2) is 188 Å². The van der Waals surface area contributed by atoms with E-state index in [1.807, 2.05) is 17.4 Å². The van der Waals surface area contributed by atoms with E-state index in [1.54, 1.807) is 0 Å². The van der Waals surface area contributed by atoms with Gasteiger partial charge in [0.25, 0.3) is 0 Å². The monoisotopic (exact) mass is 783 g/mol. The summed E-state index contributed by atoms with van der Waals surface area (Å²) in [7, 11) is 0.